The van der Waals surface area contributed by atoms with Gasteiger partial charge in [-0.2, -0.15) is 0 Å². The molecule has 0 amide bonds. The van der Waals surface area contributed by atoms with Gasteiger partial charge in [0.15, 0.2) is 6.29 Å². The van der Waals surface area contributed by atoms with Crippen molar-refractivity contribution in [3.8, 4) is 0 Å². The first kappa shape index (κ1) is 12.9. The molecule has 0 aromatic rings. The molecule has 5 nitrogen and oxygen atoms in total. The third-order valence-corrected chi connectivity index (χ3v) is 2.42. The predicted molar refractivity (Wildman–Crippen MR) is 55.5 cm³/mol. The highest BCUT2D eigenvalue weighted by atomic mass is 16.6. The second-order valence-electron chi connectivity index (χ2n) is 3.81. The maximum Gasteiger partial charge on any atom is 0.180 e. The van der Waals surface area contributed by atoms with Crippen LogP contribution in [-0.2, 0) is 9.47 Å². The quantitative estimate of drug-likeness (QED) is 0.462. The van der Waals surface area contributed by atoms with Crippen molar-refractivity contribution in [1.82, 2.24) is 4.90 Å². The first-order valence-corrected chi connectivity index (χ1v) is 5.48. The largest absolute Gasteiger partial charge is 0.388 e. The first-order chi connectivity index (χ1) is 7.20. The highest BCUT2D eigenvalue weighted by molar-refractivity contribution is 4.61. The predicted octanol–water partition coefficient (Wildman–Crippen LogP) is -0.575. The van der Waals surface area contributed by atoms with Crippen LogP contribution in [0.5, 0.6) is 0 Å². The summed E-state index contributed by atoms with van der Waals surface area (Å²) in [6, 6.07) is 0. The molecule has 1 heterocycles. The number of aliphatic hydroxyl groups excluding tert-OH is 2. The number of hydrogen-bond donors (Lipinski definition) is 2. The van der Waals surface area contributed by atoms with E-state index in [-0.39, 0.29) is 0 Å². The highest BCUT2D eigenvalue weighted by Crippen LogP contribution is 2.00. The van der Waals surface area contributed by atoms with Gasteiger partial charge in [-0.25, -0.2) is 0 Å². The number of rotatable bonds is 6. The molecule has 2 N–H and O–H groups in total. The standard InChI is InChI=1S/C10H21NO4/c1-9(12)10(13)15-6-2-3-11-4-7-14-8-5-11/h9-10,12-13H,2-8H2,1H3. The zero-order chi connectivity index (χ0) is 11.1. The molecule has 1 rings (SSSR count). The van der Waals surface area contributed by atoms with E-state index >= 15 is 0 Å². The number of ether oxygens (including phenoxy) is 2. The Morgan fingerprint density at radius 1 is 1.33 bits per heavy atom. The van der Waals surface area contributed by atoms with Gasteiger partial charge in [0, 0.05) is 19.6 Å². The molecular formula is C10H21NO4. The van der Waals surface area contributed by atoms with E-state index in [1.165, 1.54) is 6.92 Å². The first-order valence-electron chi connectivity index (χ1n) is 5.48. The van der Waals surface area contributed by atoms with Crippen LogP contribution >= 0.6 is 0 Å². The monoisotopic (exact) mass is 219 g/mol. The molecule has 0 spiro atoms. The van der Waals surface area contributed by atoms with Crippen LogP contribution in [0.1, 0.15) is 13.3 Å². The molecule has 2 unspecified atom stereocenters. The van der Waals surface area contributed by atoms with Gasteiger partial charge in [0.1, 0.15) is 6.10 Å². The maximum absolute atomic E-state index is 9.16. The average Bonchev–Trinajstić information content (AvgIpc) is 2.25. The van der Waals surface area contributed by atoms with Crippen molar-refractivity contribution in [3.63, 3.8) is 0 Å². The lowest BCUT2D eigenvalue weighted by Gasteiger charge is -2.26. The van der Waals surface area contributed by atoms with Crippen molar-refractivity contribution in [1.29, 1.82) is 0 Å². The molecule has 1 saturated heterocycles. The zero-order valence-electron chi connectivity index (χ0n) is 9.26. The Morgan fingerprint density at radius 2 is 2.00 bits per heavy atom. The smallest absolute Gasteiger partial charge is 0.180 e. The number of aliphatic hydroxyl groups is 2. The van der Waals surface area contributed by atoms with E-state index in [1.54, 1.807) is 0 Å². The molecule has 0 radical (unpaired) electrons. The SMILES string of the molecule is CC(O)C(O)OCCCN1CCOCC1. The van der Waals surface area contributed by atoms with E-state index in [0.29, 0.717) is 6.61 Å². The molecule has 0 bridgehead atoms. The highest BCUT2D eigenvalue weighted by Gasteiger charge is 2.12. The third kappa shape index (κ3) is 5.44. The fourth-order valence-corrected chi connectivity index (χ4v) is 1.46. The third-order valence-electron chi connectivity index (χ3n) is 2.42. The van der Waals surface area contributed by atoms with Crippen LogP contribution in [0, 0.1) is 0 Å². The van der Waals surface area contributed by atoms with E-state index in [1.807, 2.05) is 0 Å². The minimum atomic E-state index is -1.06. The summed E-state index contributed by atoms with van der Waals surface area (Å²) in [6.45, 7) is 6.48. The molecule has 1 fully saturated rings. The summed E-state index contributed by atoms with van der Waals surface area (Å²) in [7, 11) is 0. The minimum Gasteiger partial charge on any atom is -0.388 e. The Bertz CT molecular complexity index is 160. The van der Waals surface area contributed by atoms with Crippen molar-refractivity contribution in [2.45, 2.75) is 25.7 Å². The second-order valence-corrected chi connectivity index (χ2v) is 3.81. The van der Waals surface area contributed by atoms with Gasteiger partial charge in [-0.15, -0.1) is 0 Å². The molecule has 15 heavy (non-hydrogen) atoms. The van der Waals surface area contributed by atoms with Gasteiger partial charge in [0.2, 0.25) is 0 Å². The van der Waals surface area contributed by atoms with E-state index in [4.69, 9.17) is 19.7 Å². The minimum absolute atomic E-state index is 0.476. The molecule has 0 aromatic carbocycles. The van der Waals surface area contributed by atoms with Gasteiger partial charge in [0.05, 0.1) is 19.8 Å². The van der Waals surface area contributed by atoms with Crippen LogP contribution in [-0.4, -0.2) is 67.0 Å². The Morgan fingerprint density at radius 3 is 2.60 bits per heavy atom. The summed E-state index contributed by atoms with van der Waals surface area (Å²) in [5.74, 6) is 0. The Balaban J connectivity index is 1.96. The van der Waals surface area contributed by atoms with Crippen LogP contribution in [0.3, 0.4) is 0 Å². The lowest BCUT2D eigenvalue weighted by atomic mass is 10.3. The Hall–Kier alpha value is -0.200. The fourth-order valence-electron chi connectivity index (χ4n) is 1.46. The van der Waals surface area contributed by atoms with Crippen LogP contribution in [0.15, 0.2) is 0 Å². The van der Waals surface area contributed by atoms with Crippen LogP contribution in [0.25, 0.3) is 0 Å². The molecule has 90 valence electrons. The summed E-state index contributed by atoms with van der Waals surface area (Å²) in [6.07, 6.45) is -1.02. The molecule has 1 aliphatic rings. The van der Waals surface area contributed by atoms with E-state index in [0.717, 1.165) is 39.3 Å². The number of morpholine rings is 1. The van der Waals surface area contributed by atoms with Crippen LogP contribution in [0.4, 0.5) is 0 Å². The summed E-state index contributed by atoms with van der Waals surface area (Å²) < 4.78 is 10.3. The molecule has 0 aromatic heterocycles. The van der Waals surface area contributed by atoms with Gasteiger partial charge < -0.3 is 19.7 Å². The van der Waals surface area contributed by atoms with Gasteiger partial charge in [-0.1, -0.05) is 0 Å². The average molecular weight is 219 g/mol. The zero-order valence-corrected chi connectivity index (χ0v) is 9.26. The van der Waals surface area contributed by atoms with Crippen molar-refractivity contribution < 1.29 is 19.7 Å². The van der Waals surface area contributed by atoms with Gasteiger partial charge in [0.25, 0.3) is 0 Å². The number of nitrogens with zero attached hydrogens (tertiary/aromatic N) is 1. The topological polar surface area (TPSA) is 62.2 Å². The van der Waals surface area contributed by atoms with Gasteiger partial charge in [-0.3, -0.25) is 4.90 Å². The Labute approximate surface area is 90.6 Å². The summed E-state index contributed by atoms with van der Waals surface area (Å²) in [5.41, 5.74) is 0. The second kappa shape index (κ2) is 7.14. The molecule has 2 atom stereocenters. The van der Waals surface area contributed by atoms with E-state index < -0.39 is 12.4 Å². The lowest BCUT2D eigenvalue weighted by molar-refractivity contribution is -0.157. The lowest BCUT2D eigenvalue weighted by Crippen LogP contribution is -2.37. The van der Waals surface area contributed by atoms with Crippen molar-refractivity contribution >= 4 is 0 Å². The normalized spacial score (nSPS) is 22.6. The van der Waals surface area contributed by atoms with Crippen molar-refractivity contribution in [3.05, 3.63) is 0 Å². The summed E-state index contributed by atoms with van der Waals surface area (Å²) in [5, 5.41) is 18.1. The molecule has 0 aliphatic carbocycles. The van der Waals surface area contributed by atoms with E-state index in [2.05, 4.69) is 4.90 Å². The molecule has 1 aliphatic heterocycles. The van der Waals surface area contributed by atoms with Gasteiger partial charge in [-0.05, 0) is 13.3 Å². The Kier molecular flexibility index (Phi) is 6.12. The van der Waals surface area contributed by atoms with Crippen molar-refractivity contribution in [2.75, 3.05) is 39.5 Å². The molecule has 0 saturated carbocycles. The van der Waals surface area contributed by atoms with Gasteiger partial charge >= 0.3 is 0 Å². The maximum atomic E-state index is 9.16. The van der Waals surface area contributed by atoms with Crippen LogP contribution in [0.2, 0.25) is 0 Å². The molecule has 5 heteroatoms. The number of hydrogen-bond acceptors (Lipinski definition) is 5. The van der Waals surface area contributed by atoms with Crippen LogP contribution < -0.4 is 0 Å². The summed E-state index contributed by atoms with van der Waals surface area (Å²) >= 11 is 0. The van der Waals surface area contributed by atoms with E-state index in [9.17, 15) is 0 Å². The fraction of sp³-hybridized carbons (Fsp3) is 1.00. The summed E-state index contributed by atoms with van der Waals surface area (Å²) in [4.78, 5) is 2.31. The molecular weight excluding hydrogens is 198 g/mol. The van der Waals surface area contributed by atoms with Crippen molar-refractivity contribution in [2.24, 2.45) is 0 Å².